The summed E-state index contributed by atoms with van der Waals surface area (Å²) < 4.78 is 1.56. The summed E-state index contributed by atoms with van der Waals surface area (Å²) in [5, 5.41) is 6.95. The molecule has 0 bridgehead atoms. The van der Waals surface area contributed by atoms with Gasteiger partial charge in [-0.05, 0) is 24.9 Å². The lowest BCUT2D eigenvalue weighted by Crippen LogP contribution is -2.40. The summed E-state index contributed by atoms with van der Waals surface area (Å²) in [6.07, 6.45) is 2.41. The Bertz CT molecular complexity index is 346. The van der Waals surface area contributed by atoms with Crippen LogP contribution < -0.4 is 11.1 Å². The molecule has 0 saturated heterocycles. The fraction of sp³-hybridized carbons (Fsp3) is 0.636. The van der Waals surface area contributed by atoms with Gasteiger partial charge in [0.05, 0.1) is 0 Å². The maximum Gasteiger partial charge on any atom is 0.269 e. The lowest BCUT2D eigenvalue weighted by atomic mass is 10.0. The topological polar surface area (TPSA) is 72.9 Å². The molecular weight excluding hydrogens is 204 g/mol. The number of hydrogen-bond acceptors (Lipinski definition) is 3. The number of nitrogens with zero attached hydrogens (tertiary/aromatic N) is 2. The Kier molecular flexibility index (Phi) is 4.49. The second-order valence-electron chi connectivity index (χ2n) is 4.24. The molecule has 0 aromatic carbocycles. The number of carbonyl (C=O) groups excluding carboxylic acids is 1. The van der Waals surface area contributed by atoms with Crippen molar-refractivity contribution in [2.45, 2.75) is 26.3 Å². The van der Waals surface area contributed by atoms with Gasteiger partial charge in [-0.3, -0.25) is 9.48 Å². The van der Waals surface area contributed by atoms with Crippen LogP contribution in [0.15, 0.2) is 12.3 Å². The molecule has 0 aliphatic carbocycles. The maximum absolute atomic E-state index is 11.9. The fourth-order valence-corrected chi connectivity index (χ4v) is 1.59. The molecule has 5 nitrogen and oxygen atoms in total. The van der Waals surface area contributed by atoms with Crippen LogP contribution in [0.1, 0.15) is 30.8 Å². The van der Waals surface area contributed by atoms with Gasteiger partial charge in [0.15, 0.2) is 0 Å². The first kappa shape index (κ1) is 12.7. The molecule has 16 heavy (non-hydrogen) atoms. The second kappa shape index (κ2) is 5.65. The molecule has 1 amide bonds. The summed E-state index contributed by atoms with van der Waals surface area (Å²) in [4.78, 5) is 11.9. The van der Waals surface area contributed by atoms with Gasteiger partial charge in [0.25, 0.3) is 5.91 Å². The normalized spacial score (nSPS) is 12.8. The van der Waals surface area contributed by atoms with E-state index in [1.165, 1.54) is 0 Å². The van der Waals surface area contributed by atoms with Crippen molar-refractivity contribution in [3.63, 3.8) is 0 Å². The van der Waals surface area contributed by atoms with Gasteiger partial charge in [-0.1, -0.05) is 13.8 Å². The predicted octanol–water partition coefficient (Wildman–Crippen LogP) is 0.523. The van der Waals surface area contributed by atoms with Crippen molar-refractivity contribution in [2.75, 3.05) is 6.54 Å². The number of nitrogens with two attached hydrogens (primary N) is 1. The van der Waals surface area contributed by atoms with Gasteiger partial charge in [-0.25, -0.2) is 0 Å². The lowest BCUT2D eigenvalue weighted by molar-refractivity contribution is 0.0914. The Hall–Kier alpha value is -1.36. The first-order chi connectivity index (χ1) is 7.56. The molecule has 3 N–H and O–H groups in total. The van der Waals surface area contributed by atoms with Crippen molar-refractivity contribution in [1.82, 2.24) is 15.1 Å². The average molecular weight is 224 g/mol. The number of nitrogens with one attached hydrogen (secondary N) is 1. The van der Waals surface area contributed by atoms with Gasteiger partial charge < -0.3 is 11.1 Å². The molecule has 0 saturated carbocycles. The highest BCUT2D eigenvalue weighted by Crippen LogP contribution is 2.06. The summed E-state index contributed by atoms with van der Waals surface area (Å²) in [5.41, 5.74) is 6.09. The summed E-state index contributed by atoms with van der Waals surface area (Å²) in [6.45, 7) is 4.72. The van der Waals surface area contributed by atoms with Gasteiger partial charge in [0, 0.05) is 19.3 Å². The molecule has 1 atom stereocenters. The van der Waals surface area contributed by atoms with E-state index in [2.05, 4.69) is 24.3 Å². The van der Waals surface area contributed by atoms with E-state index in [0.29, 0.717) is 18.2 Å². The van der Waals surface area contributed by atoms with E-state index in [9.17, 15) is 4.79 Å². The Morgan fingerprint density at radius 1 is 1.62 bits per heavy atom. The minimum Gasteiger partial charge on any atom is -0.348 e. The van der Waals surface area contributed by atoms with Crippen molar-refractivity contribution in [3.05, 3.63) is 18.0 Å². The molecule has 1 aromatic heterocycles. The monoisotopic (exact) mass is 224 g/mol. The van der Waals surface area contributed by atoms with Crippen molar-refractivity contribution < 1.29 is 4.79 Å². The highest BCUT2D eigenvalue weighted by atomic mass is 16.2. The van der Waals surface area contributed by atoms with Crippen LogP contribution in [0.25, 0.3) is 0 Å². The van der Waals surface area contributed by atoms with E-state index >= 15 is 0 Å². The number of rotatable bonds is 5. The second-order valence-corrected chi connectivity index (χ2v) is 4.24. The zero-order chi connectivity index (χ0) is 12.1. The number of hydrogen-bond donors (Lipinski definition) is 2. The summed E-state index contributed by atoms with van der Waals surface area (Å²) in [7, 11) is 1.75. The van der Waals surface area contributed by atoms with Crippen LogP contribution in [-0.4, -0.2) is 28.3 Å². The largest absolute Gasteiger partial charge is 0.348 e. The molecular formula is C11H20N4O. The van der Waals surface area contributed by atoms with E-state index in [4.69, 9.17) is 5.73 Å². The van der Waals surface area contributed by atoms with Crippen LogP contribution in [-0.2, 0) is 7.05 Å². The number of aryl methyl sites for hydroxylation is 1. The van der Waals surface area contributed by atoms with Crippen LogP contribution in [0, 0.1) is 5.92 Å². The lowest BCUT2D eigenvalue weighted by Gasteiger charge is -2.21. The maximum atomic E-state index is 11.9. The zero-order valence-corrected chi connectivity index (χ0v) is 10.1. The Morgan fingerprint density at radius 3 is 2.75 bits per heavy atom. The number of aromatic nitrogens is 2. The van der Waals surface area contributed by atoms with Crippen molar-refractivity contribution in [3.8, 4) is 0 Å². The van der Waals surface area contributed by atoms with Crippen LogP contribution in [0.4, 0.5) is 0 Å². The summed E-state index contributed by atoms with van der Waals surface area (Å²) in [6, 6.07) is 1.82. The molecule has 1 heterocycles. The SMILES string of the molecule is CC(C)C(CCN)NC(=O)c1ccnn1C. The standard InChI is InChI=1S/C11H20N4O/c1-8(2)9(4-6-12)14-11(16)10-5-7-13-15(10)3/h5,7-9H,4,6,12H2,1-3H3,(H,14,16). The van der Waals surface area contributed by atoms with Gasteiger partial charge in [-0.2, -0.15) is 5.10 Å². The van der Waals surface area contributed by atoms with Crippen LogP contribution in [0.2, 0.25) is 0 Å². The van der Waals surface area contributed by atoms with Gasteiger partial charge in [0.1, 0.15) is 5.69 Å². The number of carbonyl (C=O) groups is 1. The Morgan fingerprint density at radius 2 is 2.31 bits per heavy atom. The van der Waals surface area contributed by atoms with Crippen LogP contribution in [0.5, 0.6) is 0 Å². The first-order valence-corrected chi connectivity index (χ1v) is 5.55. The van der Waals surface area contributed by atoms with E-state index < -0.39 is 0 Å². The zero-order valence-electron chi connectivity index (χ0n) is 10.1. The third kappa shape index (κ3) is 3.06. The molecule has 5 heteroatoms. The Labute approximate surface area is 96.0 Å². The minimum atomic E-state index is -0.0906. The van der Waals surface area contributed by atoms with Crippen molar-refractivity contribution in [2.24, 2.45) is 18.7 Å². The van der Waals surface area contributed by atoms with E-state index in [1.807, 2.05) is 0 Å². The Balaban J connectivity index is 2.65. The minimum absolute atomic E-state index is 0.0906. The quantitative estimate of drug-likeness (QED) is 0.766. The van der Waals surface area contributed by atoms with Crippen molar-refractivity contribution in [1.29, 1.82) is 0 Å². The average Bonchev–Trinajstić information content (AvgIpc) is 2.63. The van der Waals surface area contributed by atoms with E-state index in [-0.39, 0.29) is 11.9 Å². The number of amides is 1. The van der Waals surface area contributed by atoms with Crippen molar-refractivity contribution >= 4 is 5.91 Å². The predicted molar refractivity (Wildman–Crippen MR) is 63.0 cm³/mol. The molecule has 1 unspecified atom stereocenters. The molecule has 0 aliphatic heterocycles. The highest BCUT2D eigenvalue weighted by molar-refractivity contribution is 5.92. The third-order valence-corrected chi connectivity index (χ3v) is 2.65. The first-order valence-electron chi connectivity index (χ1n) is 5.55. The molecule has 0 spiro atoms. The molecule has 0 aliphatic rings. The van der Waals surface area contributed by atoms with E-state index in [1.54, 1.807) is 24.0 Å². The molecule has 0 radical (unpaired) electrons. The highest BCUT2D eigenvalue weighted by Gasteiger charge is 2.17. The molecule has 1 aromatic rings. The van der Waals surface area contributed by atoms with E-state index in [0.717, 1.165) is 6.42 Å². The molecule has 0 fully saturated rings. The molecule has 1 rings (SSSR count). The summed E-state index contributed by atoms with van der Waals surface area (Å²) >= 11 is 0. The van der Waals surface area contributed by atoms with Gasteiger partial charge >= 0.3 is 0 Å². The third-order valence-electron chi connectivity index (χ3n) is 2.65. The smallest absolute Gasteiger partial charge is 0.269 e. The summed E-state index contributed by atoms with van der Waals surface area (Å²) in [5.74, 6) is 0.285. The van der Waals surface area contributed by atoms with Gasteiger partial charge in [-0.15, -0.1) is 0 Å². The fourth-order valence-electron chi connectivity index (χ4n) is 1.59. The van der Waals surface area contributed by atoms with Crippen LogP contribution in [0.3, 0.4) is 0 Å². The van der Waals surface area contributed by atoms with Crippen LogP contribution >= 0.6 is 0 Å². The molecule has 90 valence electrons. The van der Waals surface area contributed by atoms with Gasteiger partial charge in [0.2, 0.25) is 0 Å².